The summed E-state index contributed by atoms with van der Waals surface area (Å²) in [7, 11) is 1.25. The molecule has 0 fully saturated rings. The van der Waals surface area contributed by atoms with Gasteiger partial charge >= 0.3 is 12.1 Å². The number of hydrogen-bond donors (Lipinski definition) is 1. The number of methoxy groups -OCH3 is 1. The summed E-state index contributed by atoms with van der Waals surface area (Å²) in [6.45, 7) is 0.178. The number of esters is 1. The second-order valence-electron chi connectivity index (χ2n) is 2.76. The third-order valence-electron chi connectivity index (χ3n) is 2.06. The molecule has 0 aromatic carbocycles. The number of alkyl halides is 1. The number of ether oxygens (including phenoxy) is 1. The quantitative estimate of drug-likeness (QED) is 0.548. The molecule has 0 unspecified atom stereocenters. The van der Waals surface area contributed by atoms with Gasteiger partial charge in [0.2, 0.25) is 0 Å². The third kappa shape index (κ3) is 1.82. The van der Waals surface area contributed by atoms with E-state index in [0.717, 1.165) is 4.90 Å². The van der Waals surface area contributed by atoms with Crippen LogP contribution in [0.5, 0.6) is 0 Å². The zero-order valence-corrected chi connectivity index (χ0v) is 8.32. The van der Waals surface area contributed by atoms with Gasteiger partial charge in [0, 0.05) is 12.4 Å². The lowest BCUT2D eigenvalue weighted by atomic mass is 10.1. The molecular formula is C8H10ClNO4. The van der Waals surface area contributed by atoms with Gasteiger partial charge in [0.25, 0.3) is 0 Å². The van der Waals surface area contributed by atoms with E-state index in [1.165, 1.54) is 13.2 Å². The van der Waals surface area contributed by atoms with Crippen LogP contribution in [0.1, 0.15) is 0 Å². The highest BCUT2D eigenvalue weighted by Crippen LogP contribution is 2.20. The molecule has 0 saturated heterocycles. The molecule has 14 heavy (non-hydrogen) atoms. The van der Waals surface area contributed by atoms with Gasteiger partial charge in [0.1, 0.15) is 0 Å². The average molecular weight is 220 g/mol. The Kier molecular flexibility index (Phi) is 3.35. The molecule has 0 spiro atoms. The van der Waals surface area contributed by atoms with Gasteiger partial charge in [0.05, 0.1) is 18.7 Å². The lowest BCUT2D eigenvalue weighted by molar-refractivity contribution is -0.136. The molecule has 0 aromatic rings. The van der Waals surface area contributed by atoms with Crippen molar-refractivity contribution < 1.29 is 19.4 Å². The molecule has 1 heterocycles. The van der Waals surface area contributed by atoms with Gasteiger partial charge in [-0.2, -0.15) is 0 Å². The Labute approximate surface area is 85.9 Å². The third-order valence-corrected chi connectivity index (χ3v) is 2.35. The molecule has 6 heteroatoms. The Hall–Kier alpha value is -1.23. The van der Waals surface area contributed by atoms with Gasteiger partial charge in [-0.25, -0.2) is 9.59 Å². The molecule has 1 aliphatic heterocycles. The molecule has 5 nitrogen and oxygen atoms in total. The molecule has 78 valence electrons. The van der Waals surface area contributed by atoms with Gasteiger partial charge in [0.15, 0.2) is 0 Å². The Balaban J connectivity index is 2.81. The number of carbonyl (C=O) groups excluding carboxylic acids is 1. The van der Waals surface area contributed by atoms with Crippen molar-refractivity contribution in [1.29, 1.82) is 0 Å². The summed E-state index contributed by atoms with van der Waals surface area (Å²) in [5.74, 6) is -0.479. The minimum Gasteiger partial charge on any atom is -0.466 e. The van der Waals surface area contributed by atoms with Crippen LogP contribution in [0, 0.1) is 0 Å². The van der Waals surface area contributed by atoms with Crippen LogP contribution >= 0.6 is 11.6 Å². The van der Waals surface area contributed by atoms with Crippen LogP contribution in [0.2, 0.25) is 0 Å². The first-order chi connectivity index (χ1) is 6.61. The van der Waals surface area contributed by atoms with Crippen molar-refractivity contribution in [3.63, 3.8) is 0 Å². The summed E-state index contributed by atoms with van der Waals surface area (Å²) in [6, 6.07) is -0.596. The molecule has 1 rings (SSSR count). The lowest BCUT2D eigenvalue weighted by Crippen LogP contribution is -2.39. The Morgan fingerprint density at radius 3 is 2.86 bits per heavy atom. The normalized spacial score (nSPS) is 20.6. The summed E-state index contributed by atoms with van der Waals surface area (Å²) in [6.07, 6.45) is 0.429. The summed E-state index contributed by atoms with van der Waals surface area (Å²) < 4.78 is 4.51. The Morgan fingerprint density at radius 2 is 2.43 bits per heavy atom. The second kappa shape index (κ2) is 4.32. The molecule has 1 N–H and O–H groups in total. The van der Waals surface area contributed by atoms with E-state index in [-0.39, 0.29) is 12.4 Å². The number of carbonyl (C=O) groups is 2. The summed E-state index contributed by atoms with van der Waals surface area (Å²) in [5, 5.41) is 8.77. The van der Waals surface area contributed by atoms with Crippen molar-refractivity contribution in [3.8, 4) is 0 Å². The number of rotatable bonds is 2. The van der Waals surface area contributed by atoms with Gasteiger partial charge in [-0.15, -0.1) is 11.6 Å². The number of carboxylic acid groups (broad SMARTS) is 1. The van der Waals surface area contributed by atoms with Crippen LogP contribution in [-0.2, 0) is 9.53 Å². The summed E-state index contributed by atoms with van der Waals surface area (Å²) in [5.41, 5.74) is 0.310. The van der Waals surface area contributed by atoms with Crippen LogP contribution in [0.4, 0.5) is 4.79 Å². The van der Waals surface area contributed by atoms with Crippen molar-refractivity contribution in [2.75, 3.05) is 19.5 Å². The van der Waals surface area contributed by atoms with Crippen molar-refractivity contribution in [3.05, 3.63) is 11.6 Å². The van der Waals surface area contributed by atoms with Crippen LogP contribution in [-0.4, -0.2) is 47.6 Å². The summed E-state index contributed by atoms with van der Waals surface area (Å²) in [4.78, 5) is 23.0. The first-order valence-electron chi connectivity index (χ1n) is 3.95. The fourth-order valence-corrected chi connectivity index (χ4v) is 1.68. The number of hydrogen-bond acceptors (Lipinski definition) is 3. The molecule has 1 amide bonds. The van der Waals surface area contributed by atoms with Crippen LogP contribution in [0.3, 0.4) is 0 Å². The van der Waals surface area contributed by atoms with Crippen LogP contribution in [0.25, 0.3) is 0 Å². The standard InChI is InChI=1S/C8H10ClNO4/c1-14-7(11)5-2-3-10(8(12)13)6(5)4-9/h2,6H,3-4H2,1H3,(H,12,13)/t6-/m1/s1. The minimum absolute atomic E-state index is 0.0488. The maximum Gasteiger partial charge on any atom is 0.408 e. The van der Waals surface area contributed by atoms with E-state index in [1.807, 2.05) is 0 Å². The maximum atomic E-state index is 11.2. The van der Waals surface area contributed by atoms with Gasteiger partial charge in [-0.1, -0.05) is 6.08 Å². The number of amides is 1. The molecule has 0 radical (unpaired) electrons. The first kappa shape index (κ1) is 10.8. The molecule has 0 saturated carbocycles. The minimum atomic E-state index is -1.09. The van der Waals surface area contributed by atoms with E-state index in [2.05, 4.69) is 4.74 Å². The largest absolute Gasteiger partial charge is 0.466 e. The Bertz CT molecular complexity index is 289. The smallest absolute Gasteiger partial charge is 0.408 e. The van der Waals surface area contributed by atoms with E-state index in [4.69, 9.17) is 16.7 Å². The Morgan fingerprint density at radius 1 is 1.79 bits per heavy atom. The predicted molar refractivity (Wildman–Crippen MR) is 49.3 cm³/mol. The highest BCUT2D eigenvalue weighted by molar-refractivity contribution is 6.19. The predicted octanol–water partition coefficient (Wildman–Crippen LogP) is 0.687. The SMILES string of the molecule is COC(=O)C1=CCN(C(=O)O)[C@@H]1CCl. The van der Waals surface area contributed by atoms with Crippen molar-refractivity contribution in [2.45, 2.75) is 6.04 Å². The fraction of sp³-hybridized carbons (Fsp3) is 0.500. The molecule has 0 aliphatic carbocycles. The van der Waals surface area contributed by atoms with E-state index in [1.54, 1.807) is 0 Å². The number of halogens is 1. The topological polar surface area (TPSA) is 66.8 Å². The first-order valence-corrected chi connectivity index (χ1v) is 4.49. The molecule has 0 aromatic heterocycles. The van der Waals surface area contributed by atoms with Crippen molar-refractivity contribution in [2.24, 2.45) is 0 Å². The van der Waals surface area contributed by atoms with E-state index in [0.29, 0.717) is 5.57 Å². The highest BCUT2D eigenvalue weighted by atomic mass is 35.5. The van der Waals surface area contributed by atoms with Gasteiger partial charge in [-0.3, -0.25) is 4.90 Å². The van der Waals surface area contributed by atoms with E-state index < -0.39 is 18.1 Å². The second-order valence-corrected chi connectivity index (χ2v) is 3.06. The molecule has 1 atom stereocenters. The monoisotopic (exact) mass is 219 g/mol. The van der Waals surface area contributed by atoms with Crippen molar-refractivity contribution >= 4 is 23.7 Å². The average Bonchev–Trinajstić information content (AvgIpc) is 2.59. The summed E-state index contributed by atoms with van der Waals surface area (Å²) >= 11 is 5.59. The van der Waals surface area contributed by atoms with Crippen molar-refractivity contribution in [1.82, 2.24) is 4.90 Å². The molecular weight excluding hydrogens is 210 g/mol. The zero-order chi connectivity index (χ0) is 10.7. The lowest BCUT2D eigenvalue weighted by Gasteiger charge is -2.21. The number of nitrogens with zero attached hydrogens (tertiary/aromatic N) is 1. The van der Waals surface area contributed by atoms with Gasteiger partial charge < -0.3 is 9.84 Å². The zero-order valence-electron chi connectivity index (χ0n) is 7.57. The molecule has 1 aliphatic rings. The van der Waals surface area contributed by atoms with E-state index in [9.17, 15) is 9.59 Å². The van der Waals surface area contributed by atoms with E-state index >= 15 is 0 Å². The van der Waals surface area contributed by atoms with Gasteiger partial charge in [-0.05, 0) is 0 Å². The molecule has 0 bridgehead atoms. The van der Waals surface area contributed by atoms with Crippen LogP contribution < -0.4 is 0 Å². The fourth-order valence-electron chi connectivity index (χ4n) is 1.34. The highest BCUT2D eigenvalue weighted by Gasteiger charge is 2.34. The van der Waals surface area contributed by atoms with Crippen LogP contribution in [0.15, 0.2) is 11.6 Å². The maximum absolute atomic E-state index is 11.2.